The average molecular weight is 544 g/mol. The number of anilines is 2. The number of nitrogens with one attached hydrogen (secondary N) is 1. The predicted molar refractivity (Wildman–Crippen MR) is 149 cm³/mol. The number of hydrogen-bond donors (Lipinski definition) is 3. The lowest BCUT2D eigenvalue weighted by molar-refractivity contribution is 0.0490. The normalized spacial score (nSPS) is 19.9. The number of benzene rings is 1. The Morgan fingerprint density at radius 3 is 2.47 bits per heavy atom. The molecule has 4 N–H and O–H groups in total. The highest BCUT2D eigenvalue weighted by molar-refractivity contribution is 6.32. The number of nitrogen functional groups attached to an aromatic ring is 1. The van der Waals surface area contributed by atoms with E-state index in [-0.39, 0.29) is 29.1 Å². The van der Waals surface area contributed by atoms with E-state index in [9.17, 15) is 14.7 Å². The quantitative estimate of drug-likeness (QED) is 0.485. The first-order valence-corrected chi connectivity index (χ1v) is 13.7. The van der Waals surface area contributed by atoms with Gasteiger partial charge in [-0.15, -0.1) is 0 Å². The molecule has 2 fully saturated rings. The van der Waals surface area contributed by atoms with Gasteiger partial charge in [-0.2, -0.15) is 0 Å². The van der Waals surface area contributed by atoms with Crippen molar-refractivity contribution in [3.8, 4) is 0 Å². The summed E-state index contributed by atoms with van der Waals surface area (Å²) in [5.41, 5.74) is 7.93. The molecule has 2 saturated heterocycles. The predicted octanol–water partition coefficient (Wildman–Crippen LogP) is 2.34. The summed E-state index contributed by atoms with van der Waals surface area (Å²) >= 11 is 6.47. The SMILES string of the molecule is CC[C@H]1CN(c2nc(N)c(C(=O)NC[C@H](C)O)nc2Cl)CCN1C1CCN(C(=O)c2ccc(C)cc2)CC1. The number of halogens is 1. The first-order valence-electron chi connectivity index (χ1n) is 13.3. The lowest BCUT2D eigenvalue weighted by Gasteiger charge is -2.47. The van der Waals surface area contributed by atoms with Crippen molar-refractivity contribution in [2.24, 2.45) is 0 Å². The minimum absolute atomic E-state index is 0.00795. The fourth-order valence-corrected chi connectivity index (χ4v) is 5.54. The van der Waals surface area contributed by atoms with Crippen LogP contribution in [0.1, 0.15) is 59.5 Å². The Balaban J connectivity index is 1.37. The molecule has 2 aliphatic heterocycles. The van der Waals surface area contributed by atoms with Gasteiger partial charge in [0.05, 0.1) is 6.10 Å². The summed E-state index contributed by atoms with van der Waals surface area (Å²) in [5.74, 6) is 0.0726. The van der Waals surface area contributed by atoms with E-state index < -0.39 is 12.0 Å². The molecular formula is C27H38ClN7O3. The number of aliphatic hydroxyl groups excluding tert-OH is 1. The smallest absolute Gasteiger partial charge is 0.273 e. The zero-order valence-corrected chi connectivity index (χ0v) is 23.1. The summed E-state index contributed by atoms with van der Waals surface area (Å²) in [4.78, 5) is 40.6. The average Bonchev–Trinajstić information content (AvgIpc) is 2.92. The molecule has 0 radical (unpaired) electrons. The summed E-state index contributed by atoms with van der Waals surface area (Å²) in [6.07, 6.45) is 2.15. The van der Waals surface area contributed by atoms with Crippen LogP contribution in [0, 0.1) is 6.92 Å². The van der Waals surface area contributed by atoms with Crippen molar-refractivity contribution in [3.05, 3.63) is 46.2 Å². The molecule has 2 aliphatic rings. The van der Waals surface area contributed by atoms with Gasteiger partial charge in [-0.1, -0.05) is 36.2 Å². The molecule has 2 atom stereocenters. The second-order valence-corrected chi connectivity index (χ2v) is 10.6. The van der Waals surface area contributed by atoms with Crippen LogP contribution in [0.3, 0.4) is 0 Å². The van der Waals surface area contributed by atoms with Crippen LogP contribution in [0.25, 0.3) is 0 Å². The van der Waals surface area contributed by atoms with E-state index in [1.165, 1.54) is 0 Å². The number of nitrogens with two attached hydrogens (primary N) is 1. The first kappa shape index (κ1) is 28.1. The molecule has 2 amide bonds. The molecule has 1 aromatic carbocycles. The molecule has 3 heterocycles. The maximum atomic E-state index is 12.9. The van der Waals surface area contributed by atoms with E-state index in [1.54, 1.807) is 6.92 Å². The zero-order chi connectivity index (χ0) is 27.4. The van der Waals surface area contributed by atoms with Crippen LogP contribution >= 0.6 is 11.6 Å². The molecule has 38 heavy (non-hydrogen) atoms. The van der Waals surface area contributed by atoms with Gasteiger partial charge >= 0.3 is 0 Å². The molecule has 10 nitrogen and oxygen atoms in total. The maximum Gasteiger partial charge on any atom is 0.273 e. The zero-order valence-electron chi connectivity index (χ0n) is 22.4. The lowest BCUT2D eigenvalue weighted by Crippen LogP contribution is -2.58. The second-order valence-electron chi connectivity index (χ2n) is 10.3. The van der Waals surface area contributed by atoms with Gasteiger partial charge in [0.2, 0.25) is 0 Å². The molecule has 0 spiro atoms. The number of aliphatic hydroxyl groups is 1. The van der Waals surface area contributed by atoms with Crippen molar-refractivity contribution in [1.82, 2.24) is 25.1 Å². The highest BCUT2D eigenvalue weighted by atomic mass is 35.5. The van der Waals surface area contributed by atoms with Crippen LogP contribution in [0.15, 0.2) is 24.3 Å². The maximum absolute atomic E-state index is 12.9. The van der Waals surface area contributed by atoms with E-state index in [4.69, 9.17) is 17.3 Å². The van der Waals surface area contributed by atoms with Crippen molar-refractivity contribution in [2.75, 3.05) is 49.9 Å². The third-order valence-corrected chi connectivity index (χ3v) is 7.71. The molecule has 0 bridgehead atoms. The molecule has 4 rings (SSSR count). The van der Waals surface area contributed by atoms with Gasteiger partial charge < -0.3 is 26.0 Å². The number of hydrogen-bond acceptors (Lipinski definition) is 8. The van der Waals surface area contributed by atoms with E-state index in [0.29, 0.717) is 24.4 Å². The van der Waals surface area contributed by atoms with Gasteiger partial charge in [-0.25, -0.2) is 9.97 Å². The summed E-state index contributed by atoms with van der Waals surface area (Å²) in [7, 11) is 0. The number of carbonyl (C=O) groups is 2. The number of amides is 2. The van der Waals surface area contributed by atoms with Crippen molar-refractivity contribution in [2.45, 2.75) is 58.2 Å². The van der Waals surface area contributed by atoms with E-state index in [2.05, 4.69) is 32.0 Å². The number of nitrogens with zero attached hydrogens (tertiary/aromatic N) is 5. The summed E-state index contributed by atoms with van der Waals surface area (Å²) in [6.45, 7) is 9.62. The van der Waals surface area contributed by atoms with E-state index in [1.807, 2.05) is 36.1 Å². The summed E-state index contributed by atoms with van der Waals surface area (Å²) in [6, 6.07) is 8.49. The first-order chi connectivity index (χ1) is 18.2. The van der Waals surface area contributed by atoms with Crippen LogP contribution in [0.4, 0.5) is 11.6 Å². The minimum Gasteiger partial charge on any atom is -0.392 e. The number of piperazine rings is 1. The molecule has 2 aromatic rings. The summed E-state index contributed by atoms with van der Waals surface area (Å²) in [5, 5.41) is 12.1. The lowest BCUT2D eigenvalue weighted by atomic mass is 9.97. The van der Waals surface area contributed by atoms with Crippen LogP contribution in [-0.2, 0) is 0 Å². The Hall–Kier alpha value is -2.95. The van der Waals surface area contributed by atoms with Gasteiger partial charge in [0.25, 0.3) is 11.8 Å². The molecule has 0 unspecified atom stereocenters. The number of likely N-dealkylation sites (tertiary alicyclic amines) is 1. The van der Waals surface area contributed by atoms with E-state index >= 15 is 0 Å². The highest BCUT2D eigenvalue weighted by Gasteiger charge is 2.35. The van der Waals surface area contributed by atoms with Crippen LogP contribution < -0.4 is 16.0 Å². The van der Waals surface area contributed by atoms with Crippen LogP contribution in [0.5, 0.6) is 0 Å². The standard InChI is InChI=1S/C27H38ClN7O3/c1-4-20-16-34(25-23(28)31-22(24(29)32-25)26(37)30-15-18(3)36)13-14-35(20)21-9-11-33(12-10-21)27(38)19-7-5-17(2)6-8-19/h5-8,18,20-21,36H,4,9-16H2,1-3H3,(H2,29,32)(H,30,37)/t18-,20-/m0/s1. The van der Waals surface area contributed by atoms with Crippen molar-refractivity contribution < 1.29 is 14.7 Å². The molecule has 0 aliphatic carbocycles. The Morgan fingerprint density at radius 1 is 1.16 bits per heavy atom. The Kier molecular flexibility index (Phi) is 9.07. The minimum atomic E-state index is -0.689. The number of rotatable bonds is 7. The molecular weight excluding hydrogens is 506 g/mol. The van der Waals surface area contributed by atoms with Crippen molar-refractivity contribution in [3.63, 3.8) is 0 Å². The number of piperidine rings is 1. The van der Waals surface area contributed by atoms with Crippen LogP contribution in [-0.4, -0.2) is 94.1 Å². The second kappa shape index (κ2) is 12.3. The van der Waals surface area contributed by atoms with Crippen LogP contribution in [0.2, 0.25) is 5.15 Å². The highest BCUT2D eigenvalue weighted by Crippen LogP contribution is 2.30. The molecule has 11 heteroatoms. The van der Waals surface area contributed by atoms with E-state index in [0.717, 1.165) is 56.6 Å². The number of aromatic nitrogens is 2. The monoisotopic (exact) mass is 543 g/mol. The fourth-order valence-electron chi connectivity index (χ4n) is 5.30. The van der Waals surface area contributed by atoms with Gasteiger partial charge in [-0.3, -0.25) is 14.5 Å². The Morgan fingerprint density at radius 2 is 1.84 bits per heavy atom. The topological polar surface area (TPSA) is 128 Å². The van der Waals surface area contributed by atoms with Crippen molar-refractivity contribution >= 4 is 35.1 Å². The Labute approximate surface area is 229 Å². The third-order valence-electron chi connectivity index (χ3n) is 7.45. The molecule has 1 aromatic heterocycles. The fraction of sp³-hybridized carbons (Fsp3) is 0.556. The number of aryl methyl sites for hydroxylation is 1. The number of carbonyl (C=O) groups excluding carboxylic acids is 2. The largest absolute Gasteiger partial charge is 0.392 e. The van der Waals surface area contributed by atoms with Gasteiger partial charge in [0, 0.05) is 56.9 Å². The Bertz CT molecular complexity index is 1140. The summed E-state index contributed by atoms with van der Waals surface area (Å²) < 4.78 is 0. The van der Waals surface area contributed by atoms with Gasteiger partial charge in [0.1, 0.15) is 0 Å². The molecule has 206 valence electrons. The van der Waals surface area contributed by atoms with Crippen molar-refractivity contribution in [1.29, 1.82) is 0 Å². The van der Waals surface area contributed by atoms with Gasteiger partial charge in [-0.05, 0) is 45.2 Å². The molecule has 0 saturated carbocycles. The van der Waals surface area contributed by atoms with Gasteiger partial charge in [0.15, 0.2) is 22.5 Å². The third kappa shape index (κ3) is 6.36.